The molecule has 0 radical (unpaired) electrons. The van der Waals surface area contributed by atoms with Crippen molar-refractivity contribution in [3.63, 3.8) is 0 Å². The second-order valence-corrected chi connectivity index (χ2v) is 6.39. The molecule has 24 heavy (non-hydrogen) atoms. The van der Waals surface area contributed by atoms with E-state index in [9.17, 15) is 4.79 Å². The number of halogens is 1. The van der Waals surface area contributed by atoms with Gasteiger partial charge in [-0.2, -0.15) is 0 Å². The van der Waals surface area contributed by atoms with Crippen molar-refractivity contribution in [2.45, 2.75) is 11.8 Å². The smallest absolute Gasteiger partial charge is 0.237 e. The lowest BCUT2D eigenvalue weighted by Crippen LogP contribution is -2.46. The van der Waals surface area contributed by atoms with Gasteiger partial charge in [0.1, 0.15) is 5.41 Å². The van der Waals surface area contributed by atoms with Crippen LogP contribution in [0.1, 0.15) is 17.5 Å². The average molecular weight is 347 g/mol. The lowest BCUT2D eigenvalue weighted by molar-refractivity contribution is -0.133. The zero-order valence-corrected chi connectivity index (χ0v) is 15.7. The van der Waals surface area contributed by atoms with Gasteiger partial charge in [0.25, 0.3) is 0 Å². The van der Waals surface area contributed by atoms with Crippen LogP contribution in [0.4, 0.5) is 0 Å². The third kappa shape index (κ3) is 4.16. The number of carbonyl (C=O) groups excluding carboxylic acids is 1. The van der Waals surface area contributed by atoms with E-state index in [1.165, 1.54) is 0 Å². The van der Waals surface area contributed by atoms with Crippen LogP contribution in [0.3, 0.4) is 0 Å². The van der Waals surface area contributed by atoms with Crippen molar-refractivity contribution >= 4 is 18.3 Å². The predicted molar refractivity (Wildman–Crippen MR) is 103 cm³/mol. The van der Waals surface area contributed by atoms with Gasteiger partial charge in [-0.25, -0.2) is 0 Å². The molecule has 0 heterocycles. The lowest BCUT2D eigenvalue weighted by Gasteiger charge is -2.36. The van der Waals surface area contributed by atoms with E-state index < -0.39 is 5.41 Å². The highest BCUT2D eigenvalue weighted by atomic mass is 35.5. The summed E-state index contributed by atoms with van der Waals surface area (Å²) in [4.78, 5) is 17.1. The molecule has 2 aromatic rings. The Bertz CT molecular complexity index is 587. The monoisotopic (exact) mass is 346 g/mol. The molecule has 0 N–H and O–H groups in total. The van der Waals surface area contributed by atoms with Gasteiger partial charge in [-0.15, -0.1) is 12.4 Å². The van der Waals surface area contributed by atoms with Crippen LogP contribution in [0.5, 0.6) is 0 Å². The molecule has 0 aliphatic carbocycles. The number of nitrogens with zero attached hydrogens (tertiary/aromatic N) is 2. The molecule has 2 aromatic carbocycles. The molecule has 0 spiro atoms. The van der Waals surface area contributed by atoms with Crippen molar-refractivity contribution in [1.29, 1.82) is 0 Å². The molecule has 130 valence electrons. The summed E-state index contributed by atoms with van der Waals surface area (Å²) in [6.45, 7) is 0.837. The van der Waals surface area contributed by atoms with Crippen LogP contribution in [0, 0.1) is 0 Å². The van der Waals surface area contributed by atoms with E-state index in [1.54, 1.807) is 4.90 Å². The molecular formula is C20H27ClN2O. The summed E-state index contributed by atoms with van der Waals surface area (Å²) in [5.74, 6) is 0.122. The zero-order valence-electron chi connectivity index (χ0n) is 14.9. The minimum absolute atomic E-state index is 0. The van der Waals surface area contributed by atoms with E-state index >= 15 is 0 Å². The van der Waals surface area contributed by atoms with Crippen LogP contribution in [0.25, 0.3) is 0 Å². The summed E-state index contributed by atoms with van der Waals surface area (Å²) >= 11 is 0. The Kier molecular flexibility index (Phi) is 7.46. The molecule has 0 saturated carbocycles. The Morgan fingerprint density at radius 2 is 1.25 bits per heavy atom. The van der Waals surface area contributed by atoms with Gasteiger partial charge in [0.15, 0.2) is 0 Å². The number of hydrogen-bond donors (Lipinski definition) is 0. The Balaban J connectivity index is 0.00000288. The lowest BCUT2D eigenvalue weighted by atomic mass is 9.70. The topological polar surface area (TPSA) is 23.6 Å². The van der Waals surface area contributed by atoms with Crippen molar-refractivity contribution < 1.29 is 4.79 Å². The molecule has 0 aliphatic heterocycles. The first kappa shape index (κ1) is 20.2. The van der Waals surface area contributed by atoms with Gasteiger partial charge in [0.2, 0.25) is 5.91 Å². The van der Waals surface area contributed by atoms with Gasteiger partial charge in [0.05, 0.1) is 0 Å². The van der Waals surface area contributed by atoms with Gasteiger partial charge < -0.3 is 9.80 Å². The van der Waals surface area contributed by atoms with Gasteiger partial charge in [-0.3, -0.25) is 4.79 Å². The highest BCUT2D eigenvalue weighted by Crippen LogP contribution is 2.37. The van der Waals surface area contributed by atoms with Crippen molar-refractivity contribution in [1.82, 2.24) is 9.80 Å². The highest BCUT2D eigenvalue weighted by Gasteiger charge is 2.42. The van der Waals surface area contributed by atoms with Gasteiger partial charge >= 0.3 is 0 Å². The van der Waals surface area contributed by atoms with E-state index in [4.69, 9.17) is 0 Å². The molecule has 3 nitrogen and oxygen atoms in total. The third-order valence-corrected chi connectivity index (χ3v) is 4.24. The summed E-state index contributed by atoms with van der Waals surface area (Å²) in [5.41, 5.74) is 1.44. The summed E-state index contributed by atoms with van der Waals surface area (Å²) in [6.07, 6.45) is 0.741. The molecule has 0 bridgehead atoms. The Labute approximate surface area is 151 Å². The molecule has 1 amide bonds. The summed E-state index contributed by atoms with van der Waals surface area (Å²) in [5, 5.41) is 0. The predicted octanol–water partition coefficient (Wildman–Crippen LogP) is 3.43. The van der Waals surface area contributed by atoms with Crippen LogP contribution in [0.2, 0.25) is 0 Å². The molecule has 2 rings (SSSR count). The molecule has 0 saturated heterocycles. The maximum Gasteiger partial charge on any atom is 0.237 e. The fraction of sp³-hybridized carbons (Fsp3) is 0.350. The normalized spacial score (nSPS) is 11.0. The SMILES string of the molecule is CN(C)CCC(C(=O)N(C)C)(c1ccccc1)c1ccccc1.Cl. The molecule has 4 heteroatoms. The van der Waals surface area contributed by atoms with Crippen molar-refractivity contribution in [3.8, 4) is 0 Å². The molecule has 0 unspecified atom stereocenters. The first-order valence-corrected chi connectivity index (χ1v) is 7.96. The fourth-order valence-corrected chi connectivity index (χ4v) is 3.03. The first-order chi connectivity index (χ1) is 11.0. The zero-order chi connectivity index (χ0) is 16.9. The van der Waals surface area contributed by atoms with Crippen LogP contribution in [0.15, 0.2) is 60.7 Å². The first-order valence-electron chi connectivity index (χ1n) is 7.96. The van der Waals surface area contributed by atoms with E-state index in [0.717, 1.165) is 24.1 Å². The van der Waals surface area contributed by atoms with Gasteiger partial charge in [0, 0.05) is 14.1 Å². The molecule has 0 fully saturated rings. The quantitative estimate of drug-likeness (QED) is 0.800. The summed E-state index contributed by atoms with van der Waals surface area (Å²) in [7, 11) is 7.75. The van der Waals surface area contributed by atoms with E-state index in [1.807, 2.05) is 64.6 Å². The molecule has 0 aromatic heterocycles. The number of amides is 1. The summed E-state index contributed by atoms with van der Waals surface area (Å²) in [6, 6.07) is 20.2. The average Bonchev–Trinajstić information content (AvgIpc) is 2.57. The number of rotatable bonds is 6. The molecular weight excluding hydrogens is 320 g/mol. The van der Waals surface area contributed by atoms with Crippen molar-refractivity contribution in [2.24, 2.45) is 0 Å². The van der Waals surface area contributed by atoms with Crippen molar-refractivity contribution in [2.75, 3.05) is 34.7 Å². The maximum atomic E-state index is 13.3. The standard InChI is InChI=1S/C20H26N2O.ClH/c1-21(2)16-15-20(19(23)22(3)4,17-11-7-5-8-12-17)18-13-9-6-10-14-18;/h5-14H,15-16H2,1-4H3;1H. The second kappa shape index (κ2) is 8.86. The number of likely N-dealkylation sites (N-methyl/N-ethyl adjacent to an activating group) is 1. The largest absolute Gasteiger partial charge is 0.348 e. The van der Waals surface area contributed by atoms with E-state index in [2.05, 4.69) is 29.2 Å². The molecule has 0 atom stereocenters. The summed E-state index contributed by atoms with van der Waals surface area (Å²) < 4.78 is 0. The maximum absolute atomic E-state index is 13.3. The van der Waals surface area contributed by atoms with Crippen LogP contribution < -0.4 is 0 Å². The van der Waals surface area contributed by atoms with E-state index in [0.29, 0.717) is 0 Å². The highest BCUT2D eigenvalue weighted by molar-refractivity contribution is 5.91. The minimum atomic E-state index is -0.656. The van der Waals surface area contributed by atoms with Crippen molar-refractivity contribution in [3.05, 3.63) is 71.8 Å². The van der Waals surface area contributed by atoms with Crippen LogP contribution >= 0.6 is 12.4 Å². The Hall–Kier alpha value is -1.84. The van der Waals surface area contributed by atoms with E-state index in [-0.39, 0.29) is 18.3 Å². The van der Waals surface area contributed by atoms with Gasteiger partial charge in [-0.1, -0.05) is 60.7 Å². The second-order valence-electron chi connectivity index (χ2n) is 6.39. The third-order valence-electron chi connectivity index (χ3n) is 4.24. The van der Waals surface area contributed by atoms with Crippen LogP contribution in [-0.2, 0) is 10.2 Å². The number of benzene rings is 2. The van der Waals surface area contributed by atoms with Crippen LogP contribution in [-0.4, -0.2) is 50.4 Å². The number of carbonyl (C=O) groups is 1. The number of hydrogen-bond acceptors (Lipinski definition) is 2. The Morgan fingerprint density at radius 1 is 0.833 bits per heavy atom. The molecule has 0 aliphatic rings. The fourth-order valence-electron chi connectivity index (χ4n) is 3.03. The Morgan fingerprint density at radius 3 is 1.58 bits per heavy atom. The van der Waals surface area contributed by atoms with Gasteiger partial charge in [-0.05, 0) is 38.2 Å². The minimum Gasteiger partial charge on any atom is -0.348 e.